The van der Waals surface area contributed by atoms with Crippen LogP contribution in [0.1, 0.15) is 52.7 Å². The second kappa shape index (κ2) is 9.97. The second-order valence-electron chi connectivity index (χ2n) is 9.35. The van der Waals surface area contributed by atoms with Crippen molar-refractivity contribution >= 4 is 29.1 Å². The van der Waals surface area contributed by atoms with Crippen LogP contribution in [0, 0.1) is 18.3 Å². The minimum absolute atomic E-state index is 0.0942. The summed E-state index contributed by atoms with van der Waals surface area (Å²) in [6.45, 7) is 8.09. The number of aryl methyl sites for hydroxylation is 1. The van der Waals surface area contributed by atoms with E-state index >= 15 is 0 Å². The molecular formula is C25H25ClN6O4. The number of nitriles is 1. The summed E-state index contributed by atoms with van der Waals surface area (Å²) in [5.74, 6) is -0.543. The van der Waals surface area contributed by atoms with E-state index in [-0.39, 0.29) is 39.8 Å². The Balaban J connectivity index is 1.74. The standard InChI is InChI=1S/C25H25ClN6O4/c1-14-8-15(11-27)9-17(23(33)30-25(2,3)4)21(14)29-24(34)19-10-20(36-16-12-35-13-16)31-32(19)22-18(26)6-5-7-28-22/h5-10,16H,12-13H2,1-4H3,(H,29,34)(H,30,33). The maximum Gasteiger partial charge on any atom is 0.274 e. The zero-order valence-corrected chi connectivity index (χ0v) is 21.0. The van der Waals surface area contributed by atoms with E-state index in [1.807, 2.05) is 20.8 Å². The molecule has 1 saturated heterocycles. The molecule has 0 spiro atoms. The van der Waals surface area contributed by atoms with Gasteiger partial charge >= 0.3 is 0 Å². The van der Waals surface area contributed by atoms with Crippen molar-refractivity contribution in [2.45, 2.75) is 39.3 Å². The fourth-order valence-corrected chi connectivity index (χ4v) is 3.71. The topological polar surface area (TPSA) is 131 Å². The van der Waals surface area contributed by atoms with Gasteiger partial charge in [-0.15, -0.1) is 5.10 Å². The van der Waals surface area contributed by atoms with Crippen LogP contribution in [0.2, 0.25) is 5.02 Å². The number of ether oxygens (including phenoxy) is 2. The van der Waals surface area contributed by atoms with Gasteiger partial charge in [0.05, 0.1) is 41.1 Å². The van der Waals surface area contributed by atoms with Gasteiger partial charge in [0.25, 0.3) is 11.8 Å². The molecule has 10 nitrogen and oxygen atoms in total. The van der Waals surface area contributed by atoms with E-state index in [1.54, 1.807) is 25.1 Å². The quantitative estimate of drug-likeness (QED) is 0.519. The van der Waals surface area contributed by atoms with E-state index in [0.29, 0.717) is 24.3 Å². The number of halogens is 1. The summed E-state index contributed by atoms with van der Waals surface area (Å²) in [5, 5.41) is 19.8. The number of carbonyl (C=O) groups is 2. The predicted molar refractivity (Wildman–Crippen MR) is 133 cm³/mol. The number of amides is 2. The van der Waals surface area contributed by atoms with Crippen molar-refractivity contribution < 1.29 is 19.1 Å². The summed E-state index contributed by atoms with van der Waals surface area (Å²) in [5.41, 5.74) is 0.854. The first-order valence-electron chi connectivity index (χ1n) is 11.2. The van der Waals surface area contributed by atoms with Gasteiger partial charge < -0.3 is 20.1 Å². The lowest BCUT2D eigenvalue weighted by Crippen LogP contribution is -2.41. The SMILES string of the molecule is Cc1cc(C#N)cc(C(=O)NC(C)(C)C)c1NC(=O)c1cc(OC2COC2)nn1-c1ncccc1Cl. The van der Waals surface area contributed by atoms with Gasteiger partial charge in [-0.1, -0.05) is 11.6 Å². The number of hydrogen-bond donors (Lipinski definition) is 2. The third kappa shape index (κ3) is 5.48. The molecule has 0 unspecified atom stereocenters. The first kappa shape index (κ1) is 25.2. The Labute approximate surface area is 213 Å². The van der Waals surface area contributed by atoms with E-state index in [4.69, 9.17) is 21.1 Å². The Morgan fingerprint density at radius 3 is 2.61 bits per heavy atom. The fraction of sp³-hybridized carbons (Fsp3) is 0.320. The molecule has 0 aliphatic carbocycles. The molecule has 186 valence electrons. The number of anilines is 1. The van der Waals surface area contributed by atoms with Gasteiger partial charge in [-0.05, 0) is 57.5 Å². The van der Waals surface area contributed by atoms with Crippen molar-refractivity contribution in [1.29, 1.82) is 5.26 Å². The van der Waals surface area contributed by atoms with E-state index < -0.39 is 17.4 Å². The largest absolute Gasteiger partial charge is 0.468 e. The fourth-order valence-electron chi connectivity index (χ4n) is 3.51. The number of rotatable bonds is 6. The zero-order valence-electron chi connectivity index (χ0n) is 20.3. The van der Waals surface area contributed by atoms with Crippen LogP contribution < -0.4 is 15.4 Å². The van der Waals surface area contributed by atoms with E-state index in [0.717, 1.165) is 0 Å². The molecule has 4 rings (SSSR count). The Kier molecular flexibility index (Phi) is 6.97. The number of pyridine rings is 1. The maximum absolute atomic E-state index is 13.5. The van der Waals surface area contributed by atoms with Crippen LogP contribution in [0.5, 0.6) is 5.88 Å². The van der Waals surface area contributed by atoms with Crippen molar-refractivity contribution in [3.05, 3.63) is 63.9 Å². The number of carbonyl (C=O) groups excluding carboxylic acids is 2. The summed E-state index contributed by atoms with van der Waals surface area (Å²) >= 11 is 6.34. The zero-order chi connectivity index (χ0) is 26.0. The van der Waals surface area contributed by atoms with Crippen LogP contribution in [0.4, 0.5) is 5.69 Å². The second-order valence-corrected chi connectivity index (χ2v) is 9.76. The summed E-state index contributed by atoms with van der Waals surface area (Å²) < 4.78 is 12.2. The molecule has 1 fully saturated rings. The van der Waals surface area contributed by atoms with Crippen LogP contribution >= 0.6 is 11.6 Å². The minimum atomic E-state index is -0.568. The van der Waals surface area contributed by atoms with Crippen molar-refractivity contribution in [1.82, 2.24) is 20.1 Å². The normalized spacial score (nSPS) is 13.4. The lowest BCUT2D eigenvalue weighted by atomic mass is 10.0. The Morgan fingerprint density at radius 2 is 2.00 bits per heavy atom. The molecule has 0 radical (unpaired) electrons. The number of nitrogens with zero attached hydrogens (tertiary/aromatic N) is 4. The summed E-state index contributed by atoms with van der Waals surface area (Å²) in [7, 11) is 0. The molecule has 0 bridgehead atoms. The number of nitrogens with one attached hydrogen (secondary N) is 2. The lowest BCUT2D eigenvalue weighted by Gasteiger charge is -2.25. The van der Waals surface area contributed by atoms with Gasteiger partial charge in [-0.3, -0.25) is 9.59 Å². The molecule has 1 aliphatic rings. The molecule has 0 atom stereocenters. The number of benzene rings is 1. The van der Waals surface area contributed by atoms with Crippen LogP contribution in [0.15, 0.2) is 36.5 Å². The van der Waals surface area contributed by atoms with Crippen LogP contribution in [-0.4, -0.2) is 51.4 Å². The van der Waals surface area contributed by atoms with Crippen LogP contribution in [-0.2, 0) is 4.74 Å². The van der Waals surface area contributed by atoms with Gasteiger partial charge in [0, 0.05) is 17.8 Å². The lowest BCUT2D eigenvalue weighted by molar-refractivity contribution is -0.0814. The van der Waals surface area contributed by atoms with Gasteiger partial charge in [-0.25, -0.2) is 9.67 Å². The minimum Gasteiger partial charge on any atom is -0.468 e. The Morgan fingerprint density at radius 1 is 1.25 bits per heavy atom. The predicted octanol–water partition coefficient (Wildman–Crippen LogP) is 3.66. The first-order chi connectivity index (χ1) is 17.1. The third-order valence-corrected chi connectivity index (χ3v) is 5.49. The number of hydrogen-bond acceptors (Lipinski definition) is 7. The highest BCUT2D eigenvalue weighted by atomic mass is 35.5. The summed E-state index contributed by atoms with van der Waals surface area (Å²) in [6.07, 6.45) is 1.36. The molecule has 36 heavy (non-hydrogen) atoms. The van der Waals surface area contributed by atoms with E-state index in [1.165, 1.54) is 23.0 Å². The molecule has 0 saturated carbocycles. The highest BCUT2D eigenvalue weighted by molar-refractivity contribution is 6.32. The first-order valence-corrected chi connectivity index (χ1v) is 11.6. The molecular weight excluding hydrogens is 484 g/mol. The maximum atomic E-state index is 13.5. The van der Waals surface area contributed by atoms with Gasteiger partial charge in [0.15, 0.2) is 5.82 Å². The smallest absolute Gasteiger partial charge is 0.274 e. The molecule has 2 aromatic heterocycles. The monoisotopic (exact) mass is 508 g/mol. The van der Waals surface area contributed by atoms with Crippen LogP contribution in [0.25, 0.3) is 5.82 Å². The molecule has 2 N–H and O–H groups in total. The molecule has 11 heteroatoms. The highest BCUT2D eigenvalue weighted by Crippen LogP contribution is 2.27. The van der Waals surface area contributed by atoms with Crippen molar-refractivity contribution in [2.75, 3.05) is 18.5 Å². The highest BCUT2D eigenvalue weighted by Gasteiger charge is 2.27. The van der Waals surface area contributed by atoms with Crippen molar-refractivity contribution in [2.24, 2.45) is 0 Å². The molecule has 1 aromatic carbocycles. The molecule has 1 aliphatic heterocycles. The van der Waals surface area contributed by atoms with Gasteiger partial charge in [0.1, 0.15) is 11.8 Å². The van der Waals surface area contributed by atoms with Crippen LogP contribution in [0.3, 0.4) is 0 Å². The average molecular weight is 509 g/mol. The number of aromatic nitrogens is 3. The molecule has 2 amide bonds. The Bertz CT molecular complexity index is 1370. The van der Waals surface area contributed by atoms with Crippen molar-refractivity contribution in [3.63, 3.8) is 0 Å². The Hall–Kier alpha value is -3.94. The van der Waals surface area contributed by atoms with E-state index in [2.05, 4.69) is 26.8 Å². The van der Waals surface area contributed by atoms with E-state index in [9.17, 15) is 14.9 Å². The van der Waals surface area contributed by atoms with Gasteiger partial charge in [-0.2, -0.15) is 5.26 Å². The average Bonchev–Trinajstić information content (AvgIpc) is 3.20. The molecule has 3 aromatic rings. The summed E-state index contributed by atoms with van der Waals surface area (Å²) in [6, 6.07) is 9.87. The van der Waals surface area contributed by atoms with Crippen molar-refractivity contribution in [3.8, 4) is 17.8 Å². The summed E-state index contributed by atoms with van der Waals surface area (Å²) in [4.78, 5) is 30.9. The molecule has 3 heterocycles. The third-order valence-electron chi connectivity index (χ3n) is 5.19. The van der Waals surface area contributed by atoms with Gasteiger partial charge in [0.2, 0.25) is 5.88 Å².